The van der Waals surface area contributed by atoms with Crippen molar-refractivity contribution in [1.29, 1.82) is 0 Å². The molecule has 0 fully saturated rings. The molecule has 1 rings (SSSR count). The summed E-state index contributed by atoms with van der Waals surface area (Å²) < 4.78 is 5.31. The Labute approximate surface area is 127 Å². The van der Waals surface area contributed by atoms with Crippen molar-refractivity contribution in [2.45, 2.75) is 39.5 Å². The number of aliphatic hydroxyl groups is 1. The van der Waals surface area contributed by atoms with E-state index in [0.717, 1.165) is 57.0 Å². The molecule has 0 radical (unpaired) electrons. The van der Waals surface area contributed by atoms with Crippen molar-refractivity contribution in [3.8, 4) is 0 Å². The number of nitrogens with zero attached hydrogens (tertiary/aromatic N) is 1. The number of aliphatic imine (C=N–C) groups is 1. The van der Waals surface area contributed by atoms with Crippen LogP contribution >= 0.6 is 0 Å². The van der Waals surface area contributed by atoms with Gasteiger partial charge in [0.15, 0.2) is 5.96 Å². The molecule has 5 nitrogen and oxygen atoms in total. The highest BCUT2D eigenvalue weighted by molar-refractivity contribution is 5.79. The van der Waals surface area contributed by atoms with Gasteiger partial charge < -0.3 is 20.2 Å². The molecule has 1 atom stereocenters. The van der Waals surface area contributed by atoms with E-state index in [1.54, 1.807) is 6.26 Å². The van der Waals surface area contributed by atoms with Crippen LogP contribution in [-0.4, -0.2) is 37.3 Å². The van der Waals surface area contributed by atoms with Crippen LogP contribution in [0, 0.1) is 5.92 Å². The topological polar surface area (TPSA) is 69.8 Å². The standard InChI is InChI=1S/C16H29N3O2/c1-3-6-14(9-11-20)13-19-16(17-4-2)18-10-8-15-7-5-12-21-15/h5,7,12,14,20H,3-4,6,8-11,13H2,1-2H3,(H2,17,18,19). The van der Waals surface area contributed by atoms with Gasteiger partial charge in [-0.25, -0.2) is 0 Å². The Morgan fingerprint density at radius 3 is 2.81 bits per heavy atom. The molecule has 1 aromatic rings. The molecule has 1 unspecified atom stereocenters. The molecule has 0 saturated heterocycles. The average Bonchev–Trinajstić information content (AvgIpc) is 2.98. The molecule has 5 heteroatoms. The van der Waals surface area contributed by atoms with E-state index in [9.17, 15) is 0 Å². The van der Waals surface area contributed by atoms with Gasteiger partial charge in [0.1, 0.15) is 5.76 Å². The molecule has 0 amide bonds. The van der Waals surface area contributed by atoms with Crippen LogP contribution in [0.15, 0.2) is 27.8 Å². The monoisotopic (exact) mass is 295 g/mol. The van der Waals surface area contributed by atoms with E-state index < -0.39 is 0 Å². The Hall–Kier alpha value is -1.49. The number of hydrogen-bond acceptors (Lipinski definition) is 3. The third kappa shape index (κ3) is 7.75. The van der Waals surface area contributed by atoms with Crippen LogP contribution in [0.1, 0.15) is 38.9 Å². The maximum Gasteiger partial charge on any atom is 0.191 e. The van der Waals surface area contributed by atoms with E-state index in [1.807, 2.05) is 12.1 Å². The van der Waals surface area contributed by atoms with Crippen molar-refractivity contribution in [2.75, 3.05) is 26.2 Å². The molecule has 0 saturated carbocycles. The van der Waals surface area contributed by atoms with Gasteiger partial charge in [-0.2, -0.15) is 0 Å². The number of rotatable bonds is 10. The smallest absolute Gasteiger partial charge is 0.191 e. The van der Waals surface area contributed by atoms with Crippen molar-refractivity contribution in [3.63, 3.8) is 0 Å². The third-order valence-corrected chi connectivity index (χ3v) is 3.33. The van der Waals surface area contributed by atoms with Gasteiger partial charge in [0, 0.05) is 32.7 Å². The SMILES string of the molecule is CCCC(CCO)CN=C(NCC)NCCc1ccco1. The Balaban J connectivity index is 2.40. The lowest BCUT2D eigenvalue weighted by Crippen LogP contribution is -2.38. The van der Waals surface area contributed by atoms with Gasteiger partial charge in [-0.05, 0) is 37.8 Å². The largest absolute Gasteiger partial charge is 0.469 e. The summed E-state index contributed by atoms with van der Waals surface area (Å²) in [5, 5.41) is 15.7. The Morgan fingerprint density at radius 1 is 1.33 bits per heavy atom. The van der Waals surface area contributed by atoms with Crippen molar-refractivity contribution < 1.29 is 9.52 Å². The summed E-state index contributed by atoms with van der Waals surface area (Å²) in [5.41, 5.74) is 0. The highest BCUT2D eigenvalue weighted by Crippen LogP contribution is 2.10. The summed E-state index contributed by atoms with van der Waals surface area (Å²) in [5.74, 6) is 2.27. The van der Waals surface area contributed by atoms with Crippen molar-refractivity contribution in [1.82, 2.24) is 10.6 Å². The number of aliphatic hydroxyl groups excluding tert-OH is 1. The maximum absolute atomic E-state index is 9.09. The molecular formula is C16H29N3O2. The zero-order valence-corrected chi connectivity index (χ0v) is 13.3. The van der Waals surface area contributed by atoms with Crippen LogP contribution in [0.5, 0.6) is 0 Å². The Kier molecular flexibility index (Phi) is 9.37. The summed E-state index contributed by atoms with van der Waals surface area (Å²) in [6.07, 6.45) is 5.59. The molecule has 21 heavy (non-hydrogen) atoms. The fraction of sp³-hybridized carbons (Fsp3) is 0.688. The quantitative estimate of drug-likeness (QED) is 0.457. The Bertz CT molecular complexity index is 371. The van der Waals surface area contributed by atoms with E-state index in [4.69, 9.17) is 9.52 Å². The van der Waals surface area contributed by atoms with Gasteiger partial charge in [0.2, 0.25) is 0 Å². The molecule has 1 aromatic heterocycles. The van der Waals surface area contributed by atoms with Gasteiger partial charge in [-0.15, -0.1) is 0 Å². The lowest BCUT2D eigenvalue weighted by Gasteiger charge is -2.15. The minimum absolute atomic E-state index is 0.239. The van der Waals surface area contributed by atoms with E-state index in [0.29, 0.717) is 5.92 Å². The van der Waals surface area contributed by atoms with E-state index >= 15 is 0 Å². The molecule has 0 bridgehead atoms. The van der Waals surface area contributed by atoms with Gasteiger partial charge in [-0.3, -0.25) is 4.99 Å². The zero-order valence-electron chi connectivity index (χ0n) is 13.3. The second kappa shape index (κ2) is 11.2. The minimum Gasteiger partial charge on any atom is -0.469 e. The molecule has 0 aliphatic carbocycles. The summed E-state index contributed by atoms with van der Waals surface area (Å²) in [6, 6.07) is 3.88. The second-order valence-corrected chi connectivity index (χ2v) is 5.14. The predicted octanol–water partition coefficient (Wildman–Crippen LogP) is 2.18. The minimum atomic E-state index is 0.239. The van der Waals surface area contributed by atoms with E-state index in [-0.39, 0.29) is 6.61 Å². The van der Waals surface area contributed by atoms with Crippen molar-refractivity contribution in [2.24, 2.45) is 10.9 Å². The number of nitrogens with one attached hydrogen (secondary N) is 2. The third-order valence-electron chi connectivity index (χ3n) is 3.33. The highest BCUT2D eigenvalue weighted by Gasteiger charge is 2.07. The summed E-state index contributed by atoms with van der Waals surface area (Å²) >= 11 is 0. The van der Waals surface area contributed by atoms with Crippen LogP contribution < -0.4 is 10.6 Å². The number of guanidine groups is 1. The summed E-state index contributed by atoms with van der Waals surface area (Å²) in [7, 11) is 0. The van der Waals surface area contributed by atoms with Gasteiger partial charge in [0.05, 0.1) is 6.26 Å². The molecule has 3 N–H and O–H groups in total. The first-order chi connectivity index (χ1) is 10.3. The van der Waals surface area contributed by atoms with Crippen LogP contribution in [0.25, 0.3) is 0 Å². The molecule has 0 aromatic carbocycles. The van der Waals surface area contributed by atoms with Crippen LogP contribution in [-0.2, 0) is 6.42 Å². The average molecular weight is 295 g/mol. The number of hydrogen-bond donors (Lipinski definition) is 3. The molecule has 0 aliphatic heterocycles. The molecule has 0 aliphatic rings. The Morgan fingerprint density at radius 2 is 2.19 bits per heavy atom. The maximum atomic E-state index is 9.09. The predicted molar refractivity (Wildman–Crippen MR) is 86.5 cm³/mol. The fourth-order valence-electron chi connectivity index (χ4n) is 2.24. The molecule has 1 heterocycles. The fourth-order valence-corrected chi connectivity index (χ4v) is 2.24. The van der Waals surface area contributed by atoms with Crippen LogP contribution in [0.3, 0.4) is 0 Å². The normalized spacial score (nSPS) is 13.2. The van der Waals surface area contributed by atoms with Gasteiger partial charge in [0.25, 0.3) is 0 Å². The van der Waals surface area contributed by atoms with E-state index in [2.05, 4.69) is 29.5 Å². The second-order valence-electron chi connectivity index (χ2n) is 5.14. The first-order valence-corrected chi connectivity index (χ1v) is 7.95. The first kappa shape index (κ1) is 17.6. The van der Waals surface area contributed by atoms with E-state index in [1.165, 1.54) is 0 Å². The number of furan rings is 1. The van der Waals surface area contributed by atoms with Crippen LogP contribution in [0.2, 0.25) is 0 Å². The lowest BCUT2D eigenvalue weighted by molar-refractivity contribution is 0.253. The van der Waals surface area contributed by atoms with Crippen LogP contribution in [0.4, 0.5) is 0 Å². The molecule has 120 valence electrons. The summed E-state index contributed by atoms with van der Waals surface area (Å²) in [6.45, 7) is 6.85. The molecular weight excluding hydrogens is 266 g/mol. The lowest BCUT2D eigenvalue weighted by atomic mass is 10.0. The van der Waals surface area contributed by atoms with Crippen molar-refractivity contribution in [3.05, 3.63) is 24.2 Å². The molecule has 0 spiro atoms. The highest BCUT2D eigenvalue weighted by atomic mass is 16.3. The first-order valence-electron chi connectivity index (χ1n) is 7.95. The van der Waals surface area contributed by atoms with Crippen molar-refractivity contribution >= 4 is 5.96 Å². The summed E-state index contributed by atoms with van der Waals surface area (Å²) in [4.78, 5) is 4.62. The van der Waals surface area contributed by atoms with Gasteiger partial charge >= 0.3 is 0 Å². The van der Waals surface area contributed by atoms with Gasteiger partial charge in [-0.1, -0.05) is 13.3 Å². The zero-order chi connectivity index (χ0) is 15.3.